The zero-order valence-electron chi connectivity index (χ0n) is 6.97. The van der Waals surface area contributed by atoms with Gasteiger partial charge in [0.1, 0.15) is 0 Å². The van der Waals surface area contributed by atoms with E-state index in [2.05, 4.69) is 0 Å². The van der Waals surface area contributed by atoms with E-state index in [4.69, 9.17) is 11.5 Å². The molecule has 0 atom stereocenters. The molecule has 0 fully saturated rings. The molecule has 1 radical (unpaired) electrons. The van der Waals surface area contributed by atoms with E-state index in [0.717, 1.165) is 0 Å². The molecule has 0 saturated carbocycles. The Hall–Kier alpha value is -1.06. The number of hydrogen-bond donors (Lipinski definition) is 2. The predicted octanol–water partition coefficient (Wildman–Crippen LogP) is -0.422. The molecule has 0 saturated heterocycles. The highest BCUT2D eigenvalue weighted by atomic mass is 16.2. The number of nitrogens with two attached hydrogens (primary N) is 2. The van der Waals surface area contributed by atoms with Crippen molar-refractivity contribution in [2.45, 2.75) is 20.8 Å². The van der Waals surface area contributed by atoms with Crippen LogP contribution in [0.4, 0.5) is 0 Å². The van der Waals surface area contributed by atoms with Crippen LogP contribution in [0.15, 0.2) is 0 Å². The highest BCUT2D eigenvalue weighted by molar-refractivity contribution is 5.97. The summed E-state index contributed by atoms with van der Waals surface area (Å²) in [5.41, 5.74) is 9.08. The van der Waals surface area contributed by atoms with Gasteiger partial charge in [0.2, 0.25) is 11.8 Å². The average molecular weight is 157 g/mol. The first-order valence-corrected chi connectivity index (χ1v) is 3.24. The quantitative estimate of drug-likeness (QED) is 0.582. The van der Waals surface area contributed by atoms with Crippen LogP contribution in [0.1, 0.15) is 20.8 Å². The van der Waals surface area contributed by atoms with E-state index in [0.29, 0.717) is 0 Å². The van der Waals surface area contributed by atoms with E-state index in [-0.39, 0.29) is 5.92 Å². The number of carbonyl (C=O) groups is 2. The third-order valence-electron chi connectivity index (χ3n) is 1.92. The summed E-state index contributed by atoms with van der Waals surface area (Å²) in [5, 5.41) is 0. The van der Waals surface area contributed by atoms with Crippen molar-refractivity contribution < 1.29 is 9.59 Å². The van der Waals surface area contributed by atoms with Crippen LogP contribution in [0.3, 0.4) is 0 Å². The molecule has 0 aliphatic rings. The van der Waals surface area contributed by atoms with Crippen LogP contribution in [0.5, 0.6) is 0 Å². The SMILES string of the molecule is C[C](C(N)=O)C(C)(C)C(N)=O. The van der Waals surface area contributed by atoms with Gasteiger partial charge in [-0.2, -0.15) is 0 Å². The Bertz CT molecular complexity index is 187. The molecule has 0 rings (SSSR count). The van der Waals surface area contributed by atoms with Gasteiger partial charge >= 0.3 is 0 Å². The molecule has 0 heterocycles. The fourth-order valence-corrected chi connectivity index (χ4v) is 0.493. The fraction of sp³-hybridized carbons (Fsp3) is 0.571. The van der Waals surface area contributed by atoms with E-state index in [1.54, 1.807) is 13.8 Å². The highest BCUT2D eigenvalue weighted by Crippen LogP contribution is 2.27. The van der Waals surface area contributed by atoms with Gasteiger partial charge in [0, 0.05) is 0 Å². The van der Waals surface area contributed by atoms with Crippen LogP contribution >= 0.6 is 0 Å². The molecule has 4 heteroatoms. The van der Waals surface area contributed by atoms with Crippen molar-refractivity contribution in [3.05, 3.63) is 5.92 Å². The van der Waals surface area contributed by atoms with Gasteiger partial charge in [0.05, 0.1) is 11.3 Å². The van der Waals surface area contributed by atoms with E-state index in [1.165, 1.54) is 6.92 Å². The predicted molar refractivity (Wildman–Crippen MR) is 41.1 cm³/mol. The van der Waals surface area contributed by atoms with Crippen LogP contribution in [0.25, 0.3) is 0 Å². The summed E-state index contributed by atoms with van der Waals surface area (Å²) in [6, 6.07) is 0. The molecule has 63 valence electrons. The minimum atomic E-state index is -0.939. The summed E-state index contributed by atoms with van der Waals surface area (Å²) < 4.78 is 0. The Kier molecular flexibility index (Phi) is 2.62. The van der Waals surface area contributed by atoms with Crippen LogP contribution < -0.4 is 11.5 Å². The molecular weight excluding hydrogens is 144 g/mol. The first-order valence-electron chi connectivity index (χ1n) is 3.24. The molecule has 0 unspecified atom stereocenters. The number of hydrogen-bond acceptors (Lipinski definition) is 2. The van der Waals surface area contributed by atoms with Gasteiger partial charge in [-0.05, 0) is 20.8 Å². The third-order valence-corrected chi connectivity index (χ3v) is 1.92. The first kappa shape index (κ1) is 9.94. The van der Waals surface area contributed by atoms with Crippen molar-refractivity contribution in [3.8, 4) is 0 Å². The molecule has 11 heavy (non-hydrogen) atoms. The molecule has 0 aliphatic carbocycles. The Balaban J connectivity index is 4.55. The first-order chi connectivity index (χ1) is 4.80. The molecule has 0 aliphatic heterocycles. The van der Waals surface area contributed by atoms with Crippen LogP contribution in [-0.2, 0) is 9.59 Å². The Morgan fingerprint density at radius 2 is 1.55 bits per heavy atom. The summed E-state index contributed by atoms with van der Waals surface area (Å²) in [4.78, 5) is 21.4. The Morgan fingerprint density at radius 1 is 1.18 bits per heavy atom. The summed E-state index contributed by atoms with van der Waals surface area (Å²) >= 11 is 0. The van der Waals surface area contributed by atoms with E-state index in [1.807, 2.05) is 0 Å². The zero-order chi connectivity index (χ0) is 9.23. The molecule has 4 N–H and O–H groups in total. The number of amides is 2. The molecule has 2 amide bonds. The van der Waals surface area contributed by atoms with Crippen LogP contribution in [0, 0.1) is 11.3 Å². The lowest BCUT2D eigenvalue weighted by atomic mass is 9.79. The van der Waals surface area contributed by atoms with Gasteiger partial charge in [-0.1, -0.05) is 0 Å². The van der Waals surface area contributed by atoms with E-state index < -0.39 is 17.2 Å². The summed E-state index contributed by atoms with van der Waals surface area (Å²) in [6.07, 6.45) is 0. The minimum Gasteiger partial charge on any atom is -0.369 e. The third kappa shape index (κ3) is 1.93. The van der Waals surface area contributed by atoms with E-state index in [9.17, 15) is 9.59 Å². The fourth-order valence-electron chi connectivity index (χ4n) is 0.493. The zero-order valence-corrected chi connectivity index (χ0v) is 6.97. The monoisotopic (exact) mass is 157 g/mol. The molecule has 0 aromatic rings. The number of primary amides is 2. The Labute approximate surface area is 65.9 Å². The number of carbonyl (C=O) groups excluding carboxylic acids is 2. The molecule has 0 spiro atoms. The molecular formula is C7H13N2O2. The average Bonchev–Trinajstić information content (AvgIpc) is 1.85. The van der Waals surface area contributed by atoms with Crippen molar-refractivity contribution >= 4 is 11.8 Å². The lowest BCUT2D eigenvalue weighted by molar-refractivity contribution is -0.128. The van der Waals surface area contributed by atoms with Crippen molar-refractivity contribution in [1.82, 2.24) is 0 Å². The second kappa shape index (κ2) is 2.90. The summed E-state index contributed by atoms with van der Waals surface area (Å²) in [6.45, 7) is 4.64. The van der Waals surface area contributed by atoms with Gasteiger partial charge in [-0.25, -0.2) is 0 Å². The number of rotatable bonds is 3. The lowest BCUT2D eigenvalue weighted by Crippen LogP contribution is -2.41. The summed E-state index contributed by atoms with van der Waals surface area (Å²) in [7, 11) is 0. The second-order valence-electron chi connectivity index (χ2n) is 2.98. The Morgan fingerprint density at radius 3 is 1.64 bits per heavy atom. The highest BCUT2D eigenvalue weighted by Gasteiger charge is 2.35. The van der Waals surface area contributed by atoms with Crippen molar-refractivity contribution in [3.63, 3.8) is 0 Å². The van der Waals surface area contributed by atoms with Crippen LogP contribution in [-0.4, -0.2) is 11.8 Å². The molecule has 0 aromatic carbocycles. The normalized spacial score (nSPS) is 11.6. The van der Waals surface area contributed by atoms with Gasteiger partial charge in [-0.3, -0.25) is 9.59 Å². The topological polar surface area (TPSA) is 86.2 Å². The van der Waals surface area contributed by atoms with Gasteiger partial charge in [-0.15, -0.1) is 0 Å². The molecule has 4 nitrogen and oxygen atoms in total. The maximum Gasteiger partial charge on any atom is 0.225 e. The summed E-state index contributed by atoms with van der Waals surface area (Å²) in [5.74, 6) is -0.854. The standard InChI is InChI=1S/C7H13N2O2/c1-4(5(8)10)7(2,3)6(9)11/h1-3H3,(H2,8,10)(H2,9,11). The van der Waals surface area contributed by atoms with Gasteiger partial charge < -0.3 is 11.5 Å². The second-order valence-corrected chi connectivity index (χ2v) is 2.98. The molecule has 0 bridgehead atoms. The smallest absolute Gasteiger partial charge is 0.225 e. The van der Waals surface area contributed by atoms with E-state index >= 15 is 0 Å². The van der Waals surface area contributed by atoms with Crippen molar-refractivity contribution in [2.24, 2.45) is 16.9 Å². The van der Waals surface area contributed by atoms with Gasteiger partial charge in [0.15, 0.2) is 0 Å². The van der Waals surface area contributed by atoms with Crippen molar-refractivity contribution in [2.75, 3.05) is 0 Å². The van der Waals surface area contributed by atoms with Crippen molar-refractivity contribution in [1.29, 1.82) is 0 Å². The minimum absolute atomic E-state index is 0.282. The molecule has 0 aromatic heterocycles. The van der Waals surface area contributed by atoms with Crippen LogP contribution in [0.2, 0.25) is 0 Å². The maximum atomic E-state index is 10.8. The lowest BCUT2D eigenvalue weighted by Gasteiger charge is -2.24. The largest absolute Gasteiger partial charge is 0.369 e. The van der Waals surface area contributed by atoms with Gasteiger partial charge in [0.25, 0.3) is 0 Å². The maximum absolute atomic E-state index is 10.8.